The zero-order valence-electron chi connectivity index (χ0n) is 12.1. The molecule has 2 atom stereocenters. The summed E-state index contributed by atoms with van der Waals surface area (Å²) in [4.78, 5) is 4.59. The van der Waals surface area contributed by atoms with Gasteiger partial charge < -0.3 is 5.32 Å². The van der Waals surface area contributed by atoms with Crippen LogP contribution in [0.4, 0.5) is 0 Å². The van der Waals surface area contributed by atoms with Gasteiger partial charge in [-0.1, -0.05) is 12.1 Å². The highest BCUT2D eigenvalue weighted by atomic mass is 14.9. The highest BCUT2D eigenvalue weighted by Gasteiger charge is 2.33. The van der Waals surface area contributed by atoms with Gasteiger partial charge in [0.1, 0.15) is 0 Å². The quantitative estimate of drug-likeness (QED) is 0.910. The molecule has 2 fully saturated rings. The Morgan fingerprint density at radius 3 is 2.75 bits per heavy atom. The normalized spacial score (nSPS) is 25.6. The molecule has 2 saturated carbocycles. The lowest BCUT2D eigenvalue weighted by Crippen LogP contribution is -2.34. The second-order valence-electron chi connectivity index (χ2n) is 6.53. The lowest BCUT2D eigenvalue weighted by molar-refractivity contribution is 0.245. The molecule has 2 aliphatic carbocycles. The van der Waals surface area contributed by atoms with E-state index in [-0.39, 0.29) is 0 Å². The number of hydrogen-bond acceptors (Lipinski definition) is 2. The zero-order valence-corrected chi connectivity index (χ0v) is 12.1. The molecule has 0 saturated heterocycles. The molecule has 1 heterocycles. The van der Waals surface area contributed by atoms with E-state index in [1.54, 1.807) is 0 Å². The lowest BCUT2D eigenvalue weighted by atomic mass is 9.70. The van der Waals surface area contributed by atoms with E-state index in [2.05, 4.69) is 47.6 Å². The fourth-order valence-electron chi connectivity index (χ4n) is 3.33. The Kier molecular flexibility index (Phi) is 2.99. The molecular formula is C18H22N2. The maximum atomic E-state index is 4.59. The van der Waals surface area contributed by atoms with Gasteiger partial charge in [0, 0.05) is 17.1 Å². The van der Waals surface area contributed by atoms with E-state index < -0.39 is 0 Å². The van der Waals surface area contributed by atoms with Crippen molar-refractivity contribution in [2.75, 3.05) is 6.54 Å². The van der Waals surface area contributed by atoms with E-state index in [4.69, 9.17) is 0 Å². The van der Waals surface area contributed by atoms with Crippen LogP contribution in [0.1, 0.15) is 42.9 Å². The molecule has 0 bridgehead atoms. The van der Waals surface area contributed by atoms with Crippen molar-refractivity contribution in [3.8, 4) is 0 Å². The molecule has 4 rings (SSSR count). The van der Waals surface area contributed by atoms with Crippen LogP contribution in [-0.4, -0.2) is 17.6 Å². The minimum atomic E-state index is 0.756. The third-order valence-electron chi connectivity index (χ3n) is 4.94. The number of pyridine rings is 1. The predicted molar refractivity (Wildman–Crippen MR) is 83.0 cm³/mol. The summed E-state index contributed by atoms with van der Waals surface area (Å²) in [5.74, 6) is 1.60. The Bertz CT molecular complexity index is 630. The van der Waals surface area contributed by atoms with Crippen molar-refractivity contribution in [1.82, 2.24) is 10.3 Å². The average molecular weight is 266 g/mol. The predicted octanol–water partition coefficient (Wildman–Crippen LogP) is 3.79. The number of aromatic nitrogens is 1. The second-order valence-corrected chi connectivity index (χ2v) is 6.53. The van der Waals surface area contributed by atoms with Gasteiger partial charge in [-0.05, 0) is 74.8 Å². The van der Waals surface area contributed by atoms with Gasteiger partial charge in [-0.15, -0.1) is 0 Å². The minimum Gasteiger partial charge on any atom is -0.314 e. The van der Waals surface area contributed by atoms with Crippen LogP contribution in [0.5, 0.6) is 0 Å². The van der Waals surface area contributed by atoms with E-state index in [0.717, 1.165) is 29.1 Å². The van der Waals surface area contributed by atoms with Gasteiger partial charge in [0.25, 0.3) is 0 Å². The molecule has 20 heavy (non-hydrogen) atoms. The molecule has 2 aliphatic rings. The molecule has 104 valence electrons. The number of rotatable bonds is 4. The summed E-state index contributed by atoms with van der Waals surface area (Å²) in [6, 6.07) is 12.0. The monoisotopic (exact) mass is 266 g/mol. The smallest absolute Gasteiger partial charge is 0.0705 e. The first-order valence-corrected chi connectivity index (χ1v) is 7.90. The highest BCUT2D eigenvalue weighted by molar-refractivity contribution is 5.79. The van der Waals surface area contributed by atoms with Crippen molar-refractivity contribution in [2.45, 2.75) is 44.6 Å². The molecule has 2 aromatic rings. The summed E-state index contributed by atoms with van der Waals surface area (Å²) in [7, 11) is 0. The topological polar surface area (TPSA) is 24.9 Å². The number of fused-ring (bicyclic) bond motifs is 1. The Hall–Kier alpha value is -1.41. The number of hydrogen-bond donors (Lipinski definition) is 1. The molecule has 2 nitrogen and oxygen atoms in total. The average Bonchev–Trinajstić information content (AvgIpc) is 3.22. The fraction of sp³-hybridized carbons (Fsp3) is 0.500. The first-order valence-electron chi connectivity index (χ1n) is 7.90. The highest BCUT2D eigenvalue weighted by Crippen LogP contribution is 2.43. The van der Waals surface area contributed by atoms with Crippen LogP contribution in [0.2, 0.25) is 0 Å². The molecule has 0 radical (unpaired) electrons. The van der Waals surface area contributed by atoms with Crippen LogP contribution in [0.25, 0.3) is 10.9 Å². The molecule has 2 unspecified atom stereocenters. The summed E-state index contributed by atoms with van der Waals surface area (Å²) in [5, 5.41) is 4.98. The van der Waals surface area contributed by atoms with Crippen LogP contribution >= 0.6 is 0 Å². The molecule has 0 spiro atoms. The molecule has 1 N–H and O–H groups in total. The van der Waals surface area contributed by atoms with Crippen molar-refractivity contribution < 1.29 is 0 Å². The van der Waals surface area contributed by atoms with Crippen molar-refractivity contribution >= 4 is 10.9 Å². The standard InChI is InChI=1S/C18H22N2/c1-12-2-3-14-10-13(5-9-18(14)20-12)17-8-4-15(17)11-19-16-6-7-16/h2-3,5,9-10,15-17,19H,4,6-8,11H2,1H3. The summed E-state index contributed by atoms with van der Waals surface area (Å²) in [6.45, 7) is 3.26. The van der Waals surface area contributed by atoms with Gasteiger partial charge in [-0.2, -0.15) is 0 Å². The molecule has 1 aromatic carbocycles. The maximum absolute atomic E-state index is 4.59. The van der Waals surface area contributed by atoms with E-state index >= 15 is 0 Å². The van der Waals surface area contributed by atoms with Crippen LogP contribution in [0, 0.1) is 12.8 Å². The maximum Gasteiger partial charge on any atom is 0.0705 e. The summed E-state index contributed by atoms with van der Waals surface area (Å²) < 4.78 is 0. The first-order chi connectivity index (χ1) is 9.79. The number of nitrogens with zero attached hydrogens (tertiary/aromatic N) is 1. The van der Waals surface area contributed by atoms with Crippen LogP contribution in [0.3, 0.4) is 0 Å². The summed E-state index contributed by atoms with van der Waals surface area (Å²) >= 11 is 0. The molecule has 0 aliphatic heterocycles. The van der Waals surface area contributed by atoms with Crippen LogP contribution in [0.15, 0.2) is 30.3 Å². The molecule has 0 amide bonds. The fourth-order valence-corrected chi connectivity index (χ4v) is 3.33. The molecule has 2 heteroatoms. The SMILES string of the molecule is Cc1ccc2cc(C3CCC3CNC3CC3)ccc2n1. The molecule has 1 aromatic heterocycles. The Morgan fingerprint density at radius 1 is 1.10 bits per heavy atom. The summed E-state index contributed by atoms with van der Waals surface area (Å²) in [6.07, 6.45) is 5.51. The largest absolute Gasteiger partial charge is 0.314 e. The van der Waals surface area contributed by atoms with Crippen LogP contribution < -0.4 is 5.32 Å². The third-order valence-corrected chi connectivity index (χ3v) is 4.94. The zero-order chi connectivity index (χ0) is 13.5. The van der Waals surface area contributed by atoms with Gasteiger partial charge in [-0.3, -0.25) is 4.98 Å². The first kappa shape index (κ1) is 12.3. The Labute approximate surface area is 120 Å². The van der Waals surface area contributed by atoms with Gasteiger partial charge in [0.15, 0.2) is 0 Å². The van der Waals surface area contributed by atoms with E-state index in [1.807, 2.05) is 0 Å². The van der Waals surface area contributed by atoms with Gasteiger partial charge in [-0.25, -0.2) is 0 Å². The van der Waals surface area contributed by atoms with E-state index in [9.17, 15) is 0 Å². The van der Waals surface area contributed by atoms with Crippen molar-refractivity contribution in [1.29, 1.82) is 0 Å². The molecular weight excluding hydrogens is 244 g/mol. The van der Waals surface area contributed by atoms with Crippen molar-refractivity contribution in [2.24, 2.45) is 5.92 Å². The van der Waals surface area contributed by atoms with Gasteiger partial charge in [0.05, 0.1) is 5.52 Å². The Morgan fingerprint density at radius 2 is 2.00 bits per heavy atom. The Balaban J connectivity index is 1.53. The van der Waals surface area contributed by atoms with E-state index in [0.29, 0.717) is 0 Å². The van der Waals surface area contributed by atoms with E-state index in [1.165, 1.54) is 43.2 Å². The second kappa shape index (κ2) is 4.85. The lowest BCUT2D eigenvalue weighted by Gasteiger charge is -2.37. The number of nitrogens with one attached hydrogen (secondary N) is 1. The third kappa shape index (κ3) is 2.33. The summed E-state index contributed by atoms with van der Waals surface area (Å²) in [5.41, 5.74) is 3.73. The number of benzene rings is 1. The number of aryl methyl sites for hydroxylation is 1. The van der Waals surface area contributed by atoms with Crippen molar-refractivity contribution in [3.63, 3.8) is 0 Å². The van der Waals surface area contributed by atoms with Gasteiger partial charge >= 0.3 is 0 Å². The van der Waals surface area contributed by atoms with Gasteiger partial charge in [0.2, 0.25) is 0 Å². The van der Waals surface area contributed by atoms with Crippen LogP contribution in [-0.2, 0) is 0 Å². The minimum absolute atomic E-state index is 0.756. The van der Waals surface area contributed by atoms with Crippen molar-refractivity contribution in [3.05, 3.63) is 41.6 Å².